The minimum absolute atomic E-state index is 0.0968. The lowest BCUT2D eigenvalue weighted by molar-refractivity contribution is -0.144. The van der Waals surface area contributed by atoms with Crippen LogP contribution < -0.4 is 5.32 Å². The van der Waals surface area contributed by atoms with E-state index in [1.165, 1.54) is 32.8 Å². The van der Waals surface area contributed by atoms with E-state index in [1.807, 2.05) is 18.2 Å². The van der Waals surface area contributed by atoms with Crippen molar-refractivity contribution in [2.45, 2.75) is 32.1 Å². The summed E-state index contributed by atoms with van der Waals surface area (Å²) in [4.78, 5) is 29.6. The van der Waals surface area contributed by atoms with Gasteiger partial charge < -0.3 is 19.9 Å². The number of amides is 1. The minimum atomic E-state index is -0.253. The van der Waals surface area contributed by atoms with Crippen molar-refractivity contribution in [3.05, 3.63) is 28.9 Å². The SMILES string of the molecule is COC(=O)[C@H]1CCN(C(=O)c2cc3cc(Cl)cc(NCC4CCCC4)c3[nH]2)C1. The van der Waals surface area contributed by atoms with Crippen LogP contribution in [0.2, 0.25) is 5.02 Å². The number of carbonyl (C=O) groups excluding carboxylic acids is 2. The largest absolute Gasteiger partial charge is 0.469 e. The number of nitrogens with one attached hydrogen (secondary N) is 2. The second-order valence-corrected chi connectivity index (χ2v) is 8.33. The first-order valence-corrected chi connectivity index (χ1v) is 10.4. The van der Waals surface area contributed by atoms with Gasteiger partial charge in [0.25, 0.3) is 5.91 Å². The lowest BCUT2D eigenvalue weighted by Crippen LogP contribution is -2.30. The van der Waals surface area contributed by atoms with Gasteiger partial charge in [-0.05, 0) is 43.4 Å². The fraction of sp³-hybridized carbons (Fsp3) is 0.524. The highest BCUT2D eigenvalue weighted by molar-refractivity contribution is 6.32. The van der Waals surface area contributed by atoms with Crippen molar-refractivity contribution in [2.75, 3.05) is 32.1 Å². The lowest BCUT2D eigenvalue weighted by atomic mass is 10.1. The van der Waals surface area contributed by atoms with Crippen LogP contribution in [0, 0.1) is 11.8 Å². The Bertz CT molecular complexity index is 888. The summed E-state index contributed by atoms with van der Waals surface area (Å²) < 4.78 is 4.81. The van der Waals surface area contributed by atoms with Gasteiger partial charge in [-0.2, -0.15) is 0 Å². The van der Waals surface area contributed by atoms with Crippen LogP contribution in [0.3, 0.4) is 0 Å². The molecule has 4 rings (SSSR count). The molecule has 1 aromatic heterocycles. The maximum absolute atomic E-state index is 12.9. The Balaban J connectivity index is 1.53. The van der Waals surface area contributed by atoms with Gasteiger partial charge in [-0.3, -0.25) is 9.59 Å². The molecule has 1 aliphatic carbocycles. The van der Waals surface area contributed by atoms with E-state index in [9.17, 15) is 9.59 Å². The predicted octanol–water partition coefficient (Wildman–Crippen LogP) is 4.06. The Kier molecular flexibility index (Phi) is 5.49. The fourth-order valence-corrected chi connectivity index (χ4v) is 4.63. The monoisotopic (exact) mass is 403 g/mol. The molecule has 1 saturated heterocycles. The molecule has 0 bridgehead atoms. The van der Waals surface area contributed by atoms with Gasteiger partial charge in [0.2, 0.25) is 0 Å². The Morgan fingerprint density at radius 2 is 2.04 bits per heavy atom. The number of esters is 1. The molecule has 6 nitrogen and oxygen atoms in total. The zero-order valence-corrected chi connectivity index (χ0v) is 16.8. The van der Waals surface area contributed by atoms with Crippen LogP contribution in [-0.4, -0.2) is 48.5 Å². The highest BCUT2D eigenvalue weighted by atomic mass is 35.5. The number of aromatic amines is 1. The van der Waals surface area contributed by atoms with E-state index in [1.54, 1.807) is 4.90 Å². The van der Waals surface area contributed by atoms with Crippen LogP contribution in [0.1, 0.15) is 42.6 Å². The molecule has 1 aromatic carbocycles. The van der Waals surface area contributed by atoms with E-state index in [0.29, 0.717) is 36.1 Å². The molecule has 2 heterocycles. The zero-order valence-electron chi connectivity index (χ0n) is 16.1. The molecule has 1 amide bonds. The average molecular weight is 404 g/mol. The van der Waals surface area contributed by atoms with Gasteiger partial charge in [-0.15, -0.1) is 0 Å². The summed E-state index contributed by atoms with van der Waals surface area (Å²) in [5, 5.41) is 5.08. The van der Waals surface area contributed by atoms with E-state index in [2.05, 4.69) is 10.3 Å². The molecule has 2 aromatic rings. The second-order valence-electron chi connectivity index (χ2n) is 7.89. The third-order valence-corrected chi connectivity index (χ3v) is 6.21. The minimum Gasteiger partial charge on any atom is -0.469 e. The Morgan fingerprint density at radius 3 is 2.79 bits per heavy atom. The summed E-state index contributed by atoms with van der Waals surface area (Å²) in [6.45, 7) is 1.88. The zero-order chi connectivity index (χ0) is 19.7. The molecule has 150 valence electrons. The molecule has 1 aliphatic heterocycles. The first-order chi connectivity index (χ1) is 13.5. The fourth-order valence-electron chi connectivity index (χ4n) is 4.41. The summed E-state index contributed by atoms with van der Waals surface area (Å²) in [7, 11) is 1.38. The number of nitrogens with zero attached hydrogens (tertiary/aromatic N) is 1. The van der Waals surface area contributed by atoms with Gasteiger partial charge in [0.05, 0.1) is 24.2 Å². The number of likely N-dealkylation sites (tertiary alicyclic amines) is 1. The number of rotatable bonds is 5. The van der Waals surface area contributed by atoms with Crippen LogP contribution >= 0.6 is 11.6 Å². The summed E-state index contributed by atoms with van der Waals surface area (Å²) in [6.07, 6.45) is 5.78. The molecule has 0 unspecified atom stereocenters. The third kappa shape index (κ3) is 3.83. The predicted molar refractivity (Wildman–Crippen MR) is 110 cm³/mol. The smallest absolute Gasteiger partial charge is 0.310 e. The van der Waals surface area contributed by atoms with Gasteiger partial charge in [-0.1, -0.05) is 24.4 Å². The van der Waals surface area contributed by atoms with E-state index >= 15 is 0 Å². The number of benzene rings is 1. The van der Waals surface area contributed by atoms with Crippen molar-refractivity contribution < 1.29 is 14.3 Å². The molecule has 0 spiro atoms. The van der Waals surface area contributed by atoms with Crippen LogP contribution in [0.25, 0.3) is 10.9 Å². The number of hydrogen-bond acceptors (Lipinski definition) is 4. The number of carbonyl (C=O) groups is 2. The third-order valence-electron chi connectivity index (χ3n) is 5.99. The number of anilines is 1. The van der Waals surface area contributed by atoms with Crippen molar-refractivity contribution in [3.63, 3.8) is 0 Å². The number of hydrogen-bond donors (Lipinski definition) is 2. The van der Waals surface area contributed by atoms with E-state index in [-0.39, 0.29) is 17.8 Å². The number of halogens is 1. The molecule has 7 heteroatoms. The average Bonchev–Trinajstić information content (AvgIpc) is 3.44. The molecule has 2 fully saturated rings. The number of fused-ring (bicyclic) bond motifs is 1. The molecule has 1 atom stereocenters. The normalized spacial score (nSPS) is 20.1. The van der Waals surface area contributed by atoms with Gasteiger partial charge in [0.1, 0.15) is 5.69 Å². The highest BCUT2D eigenvalue weighted by Gasteiger charge is 2.32. The van der Waals surface area contributed by atoms with Crippen molar-refractivity contribution in [3.8, 4) is 0 Å². The first kappa shape index (κ1) is 19.1. The maximum Gasteiger partial charge on any atom is 0.310 e. The number of ether oxygens (including phenoxy) is 1. The van der Waals surface area contributed by atoms with Crippen LogP contribution in [0.4, 0.5) is 5.69 Å². The van der Waals surface area contributed by atoms with Crippen molar-refractivity contribution in [1.82, 2.24) is 9.88 Å². The van der Waals surface area contributed by atoms with E-state index < -0.39 is 0 Å². The van der Waals surface area contributed by atoms with Crippen molar-refractivity contribution in [1.29, 1.82) is 0 Å². The number of H-pyrrole nitrogens is 1. The van der Waals surface area contributed by atoms with Gasteiger partial charge in [0.15, 0.2) is 0 Å². The molecular formula is C21H26ClN3O3. The van der Waals surface area contributed by atoms with Crippen molar-refractivity contribution in [2.24, 2.45) is 11.8 Å². The van der Waals surface area contributed by atoms with Crippen LogP contribution in [0.5, 0.6) is 0 Å². The summed E-state index contributed by atoms with van der Waals surface area (Å²) in [5.74, 6) is 0.110. The number of methoxy groups -OCH3 is 1. The summed E-state index contributed by atoms with van der Waals surface area (Å²) >= 11 is 6.30. The molecule has 2 aliphatic rings. The molecule has 2 N–H and O–H groups in total. The maximum atomic E-state index is 12.9. The van der Waals surface area contributed by atoms with Crippen LogP contribution in [-0.2, 0) is 9.53 Å². The summed E-state index contributed by atoms with van der Waals surface area (Å²) in [6, 6.07) is 5.62. The number of aromatic nitrogens is 1. The van der Waals surface area contributed by atoms with Crippen molar-refractivity contribution >= 4 is 40.1 Å². The van der Waals surface area contributed by atoms with E-state index in [4.69, 9.17) is 16.3 Å². The highest BCUT2D eigenvalue weighted by Crippen LogP contribution is 2.31. The molecular weight excluding hydrogens is 378 g/mol. The van der Waals surface area contributed by atoms with Gasteiger partial charge in [-0.25, -0.2) is 0 Å². The van der Waals surface area contributed by atoms with Gasteiger partial charge in [0, 0.05) is 30.0 Å². The second kappa shape index (κ2) is 8.03. The summed E-state index contributed by atoms with van der Waals surface area (Å²) in [5.41, 5.74) is 2.35. The van der Waals surface area contributed by atoms with Gasteiger partial charge >= 0.3 is 5.97 Å². The first-order valence-electron chi connectivity index (χ1n) is 9.98. The Morgan fingerprint density at radius 1 is 1.25 bits per heavy atom. The van der Waals surface area contributed by atoms with Crippen LogP contribution in [0.15, 0.2) is 18.2 Å². The molecule has 1 saturated carbocycles. The molecule has 0 radical (unpaired) electrons. The topological polar surface area (TPSA) is 74.4 Å². The Labute approximate surface area is 169 Å². The Hall–Kier alpha value is -2.21. The standard InChI is InChI=1S/C21H26ClN3O3/c1-28-21(27)14-6-7-25(12-14)20(26)18-9-15-8-16(22)10-17(19(15)24-18)23-11-13-4-2-3-5-13/h8-10,13-14,23-24H,2-7,11-12H2,1H3/t14-/m0/s1. The quantitative estimate of drug-likeness (QED) is 0.738. The lowest BCUT2D eigenvalue weighted by Gasteiger charge is -2.15. The molecule has 28 heavy (non-hydrogen) atoms. The van der Waals surface area contributed by atoms with E-state index in [0.717, 1.165) is 23.1 Å².